The molecule has 7 nitrogen and oxygen atoms in total. The van der Waals surface area contributed by atoms with E-state index in [-0.39, 0.29) is 0 Å². The fourth-order valence-electron chi connectivity index (χ4n) is 3.57. The molecule has 0 fully saturated rings. The van der Waals surface area contributed by atoms with Gasteiger partial charge in [0.2, 0.25) is 16.1 Å². The van der Waals surface area contributed by atoms with Crippen molar-refractivity contribution < 1.29 is 26.6 Å². The Morgan fingerprint density at radius 1 is 0.818 bits per heavy atom. The van der Waals surface area contributed by atoms with Crippen molar-refractivity contribution in [3.63, 3.8) is 0 Å². The Balaban J connectivity index is 0.000000454. The average molecular weight is 467 g/mol. The molecule has 0 aliphatic carbocycles. The molecule has 0 aliphatic rings. The van der Waals surface area contributed by atoms with Crippen LogP contribution in [0.15, 0.2) is 91.0 Å². The quantitative estimate of drug-likeness (QED) is 0.245. The smallest absolute Gasteiger partial charge is 0.281 e. The number of benzene rings is 3. The summed E-state index contributed by atoms with van der Waals surface area (Å²) < 4.78 is 41.4. The predicted molar refractivity (Wildman–Crippen MR) is 125 cm³/mol. The Hall–Kier alpha value is -3.46. The number of rotatable bonds is 6. The SMILES string of the molecule is COS(=O)(=O)[O-].COc1c(-c2ccccc2)n(C)[n+](Cc2ccccc2)c1-c1ccccc1. The molecule has 1 aromatic heterocycles. The van der Waals surface area contributed by atoms with Crippen molar-refractivity contribution in [1.82, 2.24) is 4.68 Å². The van der Waals surface area contributed by atoms with E-state index in [1.54, 1.807) is 7.11 Å². The summed E-state index contributed by atoms with van der Waals surface area (Å²) in [5.41, 5.74) is 5.70. The highest BCUT2D eigenvalue weighted by molar-refractivity contribution is 7.80. The Morgan fingerprint density at radius 3 is 1.73 bits per heavy atom. The molecule has 0 saturated heterocycles. The van der Waals surface area contributed by atoms with Crippen LogP contribution in [0, 0.1) is 0 Å². The van der Waals surface area contributed by atoms with Gasteiger partial charge in [0.1, 0.15) is 0 Å². The maximum Gasteiger partial charge on any atom is 0.281 e. The third kappa shape index (κ3) is 6.07. The molecule has 0 saturated carbocycles. The largest absolute Gasteiger partial charge is 0.726 e. The standard InChI is InChI=1S/C24H23N2O.CH4O4S/c1-25-22(20-14-8-4-9-15-20)24(27-2)23(21-16-10-5-11-17-21)26(25)18-19-12-6-3-7-13-19;1-5-6(2,3)4/h3-17H,18H2,1-2H3;1H3,(H,2,3,4)/q+1;/p-1. The lowest BCUT2D eigenvalue weighted by Crippen LogP contribution is -2.44. The van der Waals surface area contributed by atoms with Gasteiger partial charge in [-0.2, -0.15) is 4.68 Å². The summed E-state index contributed by atoms with van der Waals surface area (Å²) in [6.07, 6.45) is 0. The molecule has 0 radical (unpaired) electrons. The molecule has 4 aromatic rings. The Labute approximate surface area is 194 Å². The van der Waals surface area contributed by atoms with Crippen LogP contribution in [0.1, 0.15) is 5.56 Å². The van der Waals surface area contributed by atoms with Gasteiger partial charge in [-0.1, -0.05) is 83.5 Å². The molecule has 172 valence electrons. The fraction of sp³-hybridized carbons (Fsp3) is 0.160. The summed E-state index contributed by atoms with van der Waals surface area (Å²) >= 11 is 0. The van der Waals surface area contributed by atoms with Gasteiger partial charge in [-0.05, 0) is 12.1 Å². The summed E-state index contributed by atoms with van der Waals surface area (Å²) in [5, 5.41) is 0. The number of ether oxygens (including phenoxy) is 1. The van der Waals surface area contributed by atoms with Gasteiger partial charge in [0.15, 0.2) is 12.2 Å². The molecule has 4 rings (SSSR count). The summed E-state index contributed by atoms with van der Waals surface area (Å²) in [5.74, 6) is 0.894. The molecule has 0 atom stereocenters. The average Bonchev–Trinajstić information content (AvgIpc) is 3.12. The Morgan fingerprint density at radius 2 is 1.27 bits per heavy atom. The Bertz CT molecular complexity index is 1270. The third-order valence-corrected chi connectivity index (χ3v) is 5.46. The van der Waals surface area contributed by atoms with Gasteiger partial charge >= 0.3 is 0 Å². The molecule has 0 unspecified atom stereocenters. The zero-order valence-corrected chi connectivity index (χ0v) is 19.5. The van der Waals surface area contributed by atoms with E-state index in [0.717, 1.165) is 41.9 Å². The topological polar surface area (TPSA) is 84.5 Å². The lowest BCUT2D eigenvalue weighted by atomic mass is 10.1. The maximum absolute atomic E-state index is 9.22. The number of hydrogen-bond acceptors (Lipinski definition) is 5. The van der Waals surface area contributed by atoms with Crippen LogP contribution in [-0.2, 0) is 28.2 Å². The predicted octanol–water partition coefficient (Wildman–Crippen LogP) is 3.80. The van der Waals surface area contributed by atoms with Crippen LogP contribution >= 0.6 is 0 Å². The van der Waals surface area contributed by atoms with Gasteiger partial charge < -0.3 is 9.29 Å². The lowest BCUT2D eigenvalue weighted by molar-refractivity contribution is -0.755. The lowest BCUT2D eigenvalue weighted by Gasteiger charge is -2.03. The molecule has 0 aliphatic heterocycles. The molecular formula is C25H26N2O5S. The fourth-order valence-corrected chi connectivity index (χ4v) is 3.57. The van der Waals surface area contributed by atoms with Gasteiger partial charge in [-0.25, -0.2) is 8.42 Å². The molecule has 0 bridgehead atoms. The van der Waals surface area contributed by atoms with Crippen LogP contribution in [0.5, 0.6) is 5.75 Å². The molecule has 0 N–H and O–H groups in total. The van der Waals surface area contributed by atoms with E-state index in [4.69, 9.17) is 4.74 Å². The zero-order chi connectivity index (χ0) is 23.8. The molecule has 0 spiro atoms. The van der Waals surface area contributed by atoms with Crippen molar-refractivity contribution in [3.8, 4) is 28.3 Å². The van der Waals surface area contributed by atoms with Crippen LogP contribution in [0.2, 0.25) is 0 Å². The van der Waals surface area contributed by atoms with Crippen LogP contribution in [0.4, 0.5) is 0 Å². The second kappa shape index (κ2) is 10.9. The van der Waals surface area contributed by atoms with Crippen molar-refractivity contribution in [1.29, 1.82) is 0 Å². The molecule has 3 aromatic carbocycles. The van der Waals surface area contributed by atoms with Crippen molar-refractivity contribution in [3.05, 3.63) is 96.6 Å². The van der Waals surface area contributed by atoms with E-state index in [9.17, 15) is 13.0 Å². The number of aromatic nitrogens is 2. The maximum atomic E-state index is 9.22. The van der Waals surface area contributed by atoms with Gasteiger partial charge in [0.05, 0.1) is 26.8 Å². The highest BCUT2D eigenvalue weighted by Gasteiger charge is 2.31. The second-order valence-corrected chi connectivity index (χ2v) is 8.25. The van der Waals surface area contributed by atoms with Gasteiger partial charge in [0, 0.05) is 11.1 Å². The molecule has 8 heteroatoms. The van der Waals surface area contributed by atoms with Crippen molar-refractivity contribution in [2.75, 3.05) is 14.2 Å². The minimum Gasteiger partial charge on any atom is -0.726 e. The van der Waals surface area contributed by atoms with E-state index >= 15 is 0 Å². The minimum atomic E-state index is -4.41. The first-order valence-corrected chi connectivity index (χ1v) is 11.5. The van der Waals surface area contributed by atoms with Crippen molar-refractivity contribution >= 4 is 10.4 Å². The number of hydrogen-bond donors (Lipinski definition) is 0. The summed E-state index contributed by atoms with van der Waals surface area (Å²) in [4.78, 5) is 0. The second-order valence-electron chi connectivity index (χ2n) is 7.10. The highest BCUT2D eigenvalue weighted by Crippen LogP contribution is 2.37. The van der Waals surface area contributed by atoms with Crippen LogP contribution in [-0.4, -0.2) is 31.9 Å². The molecule has 0 amide bonds. The minimum absolute atomic E-state index is 0.769. The van der Waals surface area contributed by atoms with Gasteiger partial charge in [0.25, 0.3) is 5.69 Å². The zero-order valence-electron chi connectivity index (χ0n) is 18.7. The van der Waals surface area contributed by atoms with E-state index in [1.165, 1.54) is 5.56 Å². The van der Waals surface area contributed by atoms with E-state index in [1.807, 2.05) is 18.2 Å². The Kier molecular flexibility index (Phi) is 8.00. The monoisotopic (exact) mass is 466 g/mol. The van der Waals surface area contributed by atoms with Crippen molar-refractivity contribution in [2.45, 2.75) is 6.54 Å². The highest BCUT2D eigenvalue weighted by atomic mass is 32.3. The van der Waals surface area contributed by atoms with Gasteiger partial charge in [-0.3, -0.25) is 4.18 Å². The first-order valence-electron chi connectivity index (χ1n) is 10.2. The van der Waals surface area contributed by atoms with E-state index in [0.29, 0.717) is 0 Å². The van der Waals surface area contributed by atoms with Crippen LogP contribution in [0.25, 0.3) is 22.5 Å². The van der Waals surface area contributed by atoms with Crippen molar-refractivity contribution in [2.24, 2.45) is 7.05 Å². The first-order chi connectivity index (χ1) is 15.9. The number of methoxy groups -OCH3 is 1. The van der Waals surface area contributed by atoms with E-state index < -0.39 is 10.4 Å². The van der Waals surface area contributed by atoms with Gasteiger partial charge in [-0.15, -0.1) is 0 Å². The van der Waals surface area contributed by atoms with E-state index in [2.05, 4.69) is 93.4 Å². The summed E-state index contributed by atoms with van der Waals surface area (Å²) in [6.45, 7) is 0.769. The molecular weight excluding hydrogens is 440 g/mol. The van der Waals surface area contributed by atoms with Crippen LogP contribution in [0.3, 0.4) is 0 Å². The third-order valence-electron chi connectivity index (χ3n) is 5.05. The summed E-state index contributed by atoms with van der Waals surface area (Å²) in [6, 6.07) is 31.4. The first kappa shape index (κ1) is 24.2. The summed E-state index contributed by atoms with van der Waals surface area (Å²) in [7, 11) is 0.244. The number of nitrogens with zero attached hydrogens (tertiary/aromatic N) is 2. The van der Waals surface area contributed by atoms with Crippen LogP contribution < -0.4 is 9.42 Å². The molecule has 33 heavy (non-hydrogen) atoms. The normalized spacial score (nSPS) is 10.9. The molecule has 1 heterocycles.